The van der Waals surface area contributed by atoms with Crippen LogP contribution in [0.3, 0.4) is 0 Å². The number of amides is 1. The maximum atomic E-state index is 13.6. The van der Waals surface area contributed by atoms with Gasteiger partial charge in [-0.2, -0.15) is 13.7 Å². The molecule has 0 aromatic heterocycles. The number of nitriles is 1. The van der Waals surface area contributed by atoms with Gasteiger partial charge < -0.3 is 8.92 Å². The molecule has 0 unspecified atom stereocenters. The minimum absolute atomic E-state index is 0.0587. The van der Waals surface area contributed by atoms with Crippen molar-refractivity contribution in [1.29, 1.82) is 5.26 Å². The summed E-state index contributed by atoms with van der Waals surface area (Å²) in [5, 5.41) is 8.93. The van der Waals surface area contributed by atoms with Crippen molar-refractivity contribution in [3.8, 4) is 17.6 Å². The van der Waals surface area contributed by atoms with E-state index in [1.165, 1.54) is 36.4 Å². The average molecular weight is 489 g/mol. The zero-order chi connectivity index (χ0) is 24.5. The Kier molecular flexibility index (Phi) is 5.95. The highest BCUT2D eigenvalue weighted by Crippen LogP contribution is 2.44. The van der Waals surface area contributed by atoms with E-state index in [9.17, 15) is 13.2 Å². The first-order valence-corrected chi connectivity index (χ1v) is 12.9. The summed E-state index contributed by atoms with van der Waals surface area (Å²) in [6.45, 7) is 0.435. The highest BCUT2D eigenvalue weighted by atomic mass is 32.2. The molecule has 1 heterocycles. The Bertz CT molecular complexity index is 1390. The van der Waals surface area contributed by atoms with E-state index in [0.717, 1.165) is 24.8 Å². The van der Waals surface area contributed by atoms with E-state index in [1.807, 2.05) is 41.3 Å². The van der Waals surface area contributed by atoms with E-state index in [4.69, 9.17) is 14.2 Å². The van der Waals surface area contributed by atoms with E-state index in [2.05, 4.69) is 0 Å². The Balaban J connectivity index is 1.46. The van der Waals surface area contributed by atoms with Crippen LogP contribution in [0.5, 0.6) is 11.5 Å². The normalized spacial score (nSPS) is 16.8. The van der Waals surface area contributed by atoms with Gasteiger partial charge in [-0.15, -0.1) is 0 Å². The van der Waals surface area contributed by atoms with Crippen LogP contribution in [0.4, 0.5) is 0 Å². The molecule has 1 amide bonds. The summed E-state index contributed by atoms with van der Waals surface area (Å²) in [5.74, 6) is 0.246. The average Bonchev–Trinajstić information content (AvgIpc) is 2.87. The molecule has 7 nitrogen and oxygen atoms in total. The Morgan fingerprint density at radius 1 is 0.971 bits per heavy atom. The van der Waals surface area contributed by atoms with Crippen molar-refractivity contribution in [1.82, 2.24) is 4.90 Å². The smallest absolute Gasteiger partial charge is 0.339 e. The van der Waals surface area contributed by atoms with Gasteiger partial charge in [-0.25, -0.2) is 0 Å². The number of benzene rings is 3. The lowest BCUT2D eigenvalue weighted by Gasteiger charge is -2.49. The SMILES string of the molecule is N#Cc1ccc(S(=O)(=O)Oc2ccc3c(c2)OC2(CCCCC2)N(Cc2ccccc2)C3=O)cc1. The molecule has 5 rings (SSSR count). The number of carbonyl (C=O) groups is 1. The van der Waals surface area contributed by atoms with Crippen molar-refractivity contribution in [2.45, 2.75) is 49.3 Å². The number of nitrogens with zero attached hydrogens (tertiary/aromatic N) is 2. The first-order chi connectivity index (χ1) is 16.9. The van der Waals surface area contributed by atoms with Crippen LogP contribution in [0, 0.1) is 11.3 Å². The topological polar surface area (TPSA) is 96.7 Å². The van der Waals surface area contributed by atoms with Gasteiger partial charge in [0.2, 0.25) is 0 Å². The van der Waals surface area contributed by atoms with Crippen molar-refractivity contribution in [2.24, 2.45) is 0 Å². The van der Waals surface area contributed by atoms with Gasteiger partial charge >= 0.3 is 10.1 Å². The molecule has 1 fully saturated rings. The lowest BCUT2D eigenvalue weighted by Crippen LogP contribution is -2.59. The van der Waals surface area contributed by atoms with Crippen LogP contribution in [0.1, 0.15) is 53.6 Å². The fraction of sp³-hybridized carbons (Fsp3) is 0.259. The molecule has 1 aliphatic heterocycles. The predicted molar refractivity (Wildman–Crippen MR) is 128 cm³/mol. The van der Waals surface area contributed by atoms with Crippen molar-refractivity contribution in [3.63, 3.8) is 0 Å². The molecule has 35 heavy (non-hydrogen) atoms. The largest absolute Gasteiger partial charge is 0.467 e. The van der Waals surface area contributed by atoms with Crippen molar-refractivity contribution in [3.05, 3.63) is 89.5 Å². The molecular formula is C27H24N2O5S. The number of fused-ring (bicyclic) bond motifs is 1. The summed E-state index contributed by atoms with van der Waals surface area (Å²) in [5.41, 5.74) is 0.969. The zero-order valence-electron chi connectivity index (χ0n) is 19.0. The Hall–Kier alpha value is -3.83. The molecule has 2 aliphatic rings. The van der Waals surface area contributed by atoms with Crippen LogP contribution in [0.25, 0.3) is 0 Å². The first kappa shape index (κ1) is 22.9. The number of hydrogen-bond donors (Lipinski definition) is 0. The van der Waals surface area contributed by atoms with Crippen LogP contribution < -0.4 is 8.92 Å². The molecule has 0 radical (unpaired) electrons. The van der Waals surface area contributed by atoms with Gasteiger partial charge in [-0.05, 0) is 54.8 Å². The summed E-state index contributed by atoms with van der Waals surface area (Å²) in [4.78, 5) is 15.4. The summed E-state index contributed by atoms with van der Waals surface area (Å²) in [6, 6.07) is 21.7. The van der Waals surface area contributed by atoms with Gasteiger partial charge in [0.05, 0.1) is 17.2 Å². The van der Waals surface area contributed by atoms with Crippen LogP contribution in [-0.2, 0) is 16.7 Å². The number of carbonyl (C=O) groups excluding carboxylic acids is 1. The maximum Gasteiger partial charge on any atom is 0.339 e. The van der Waals surface area contributed by atoms with E-state index >= 15 is 0 Å². The Labute approximate surface area is 204 Å². The van der Waals surface area contributed by atoms with Crippen LogP contribution in [0.15, 0.2) is 77.7 Å². The van der Waals surface area contributed by atoms with Gasteiger partial charge in [0.1, 0.15) is 16.4 Å². The van der Waals surface area contributed by atoms with E-state index < -0.39 is 15.8 Å². The third-order valence-electron chi connectivity index (χ3n) is 6.52. The lowest BCUT2D eigenvalue weighted by molar-refractivity contribution is -0.103. The second-order valence-electron chi connectivity index (χ2n) is 8.82. The molecule has 0 saturated heterocycles. The first-order valence-electron chi connectivity index (χ1n) is 11.5. The molecule has 3 aromatic carbocycles. The Morgan fingerprint density at radius 2 is 1.69 bits per heavy atom. The quantitative estimate of drug-likeness (QED) is 0.468. The number of rotatable bonds is 5. The van der Waals surface area contributed by atoms with Gasteiger partial charge in [0.25, 0.3) is 5.91 Å². The fourth-order valence-corrected chi connectivity index (χ4v) is 5.66. The molecular weight excluding hydrogens is 464 g/mol. The third kappa shape index (κ3) is 4.47. The Morgan fingerprint density at radius 3 is 2.37 bits per heavy atom. The summed E-state index contributed by atoms with van der Waals surface area (Å²) < 4.78 is 37.4. The monoisotopic (exact) mass is 488 g/mol. The minimum atomic E-state index is -4.12. The molecule has 3 aromatic rings. The van der Waals surface area contributed by atoms with Crippen molar-refractivity contribution < 1.29 is 22.1 Å². The van der Waals surface area contributed by atoms with Crippen molar-refractivity contribution >= 4 is 16.0 Å². The minimum Gasteiger partial charge on any atom is -0.467 e. The predicted octanol–water partition coefficient (Wildman–Crippen LogP) is 5.02. The van der Waals surface area contributed by atoms with E-state index in [0.29, 0.717) is 36.3 Å². The standard InChI is InChI=1S/C27H24N2O5S/c28-18-20-9-12-23(13-10-20)35(31,32)34-22-11-14-24-25(17-22)33-27(15-5-2-6-16-27)29(26(24)30)19-21-7-3-1-4-8-21/h1,3-4,7-14,17H,2,5-6,15-16,19H2. The molecule has 178 valence electrons. The summed E-state index contributed by atoms with van der Waals surface area (Å²) in [6.07, 6.45) is 4.38. The van der Waals surface area contributed by atoms with Gasteiger partial charge in [-0.3, -0.25) is 9.69 Å². The van der Waals surface area contributed by atoms with Crippen LogP contribution >= 0.6 is 0 Å². The highest BCUT2D eigenvalue weighted by molar-refractivity contribution is 7.87. The number of ether oxygens (including phenoxy) is 1. The van der Waals surface area contributed by atoms with Gasteiger partial charge in [-0.1, -0.05) is 36.8 Å². The van der Waals surface area contributed by atoms with E-state index in [-0.39, 0.29) is 16.6 Å². The molecule has 0 N–H and O–H groups in total. The summed E-state index contributed by atoms with van der Waals surface area (Å²) >= 11 is 0. The molecule has 1 aliphatic carbocycles. The zero-order valence-corrected chi connectivity index (χ0v) is 19.8. The van der Waals surface area contributed by atoms with Gasteiger partial charge in [0.15, 0.2) is 5.72 Å². The van der Waals surface area contributed by atoms with Crippen LogP contribution in [-0.4, -0.2) is 24.9 Å². The number of hydrogen-bond acceptors (Lipinski definition) is 6. The molecule has 1 spiro atoms. The van der Waals surface area contributed by atoms with Gasteiger partial charge in [0, 0.05) is 25.5 Å². The van der Waals surface area contributed by atoms with Crippen molar-refractivity contribution in [2.75, 3.05) is 0 Å². The second-order valence-corrected chi connectivity index (χ2v) is 10.4. The molecule has 8 heteroatoms. The lowest BCUT2D eigenvalue weighted by atomic mass is 9.87. The fourth-order valence-electron chi connectivity index (χ4n) is 4.73. The molecule has 1 saturated carbocycles. The highest BCUT2D eigenvalue weighted by Gasteiger charge is 2.47. The van der Waals surface area contributed by atoms with Crippen LogP contribution in [0.2, 0.25) is 0 Å². The third-order valence-corrected chi connectivity index (χ3v) is 7.78. The summed E-state index contributed by atoms with van der Waals surface area (Å²) in [7, 11) is -4.12. The van der Waals surface area contributed by atoms with E-state index in [1.54, 1.807) is 6.07 Å². The molecule has 0 bridgehead atoms. The maximum absolute atomic E-state index is 13.6. The molecule has 0 atom stereocenters. The second kappa shape index (κ2) is 9.08.